The molecule has 0 amide bonds. The van der Waals surface area contributed by atoms with Crippen LogP contribution in [0.25, 0.3) is 0 Å². The van der Waals surface area contributed by atoms with Crippen LogP contribution in [-0.4, -0.2) is 50.1 Å². The van der Waals surface area contributed by atoms with E-state index in [0.717, 1.165) is 19.5 Å². The number of ether oxygens (including phenoxy) is 2. The molecular formula is C15H20ClNO3. The Labute approximate surface area is 124 Å². The zero-order chi connectivity index (χ0) is 14.4. The van der Waals surface area contributed by atoms with Crippen LogP contribution in [0.4, 0.5) is 0 Å². The van der Waals surface area contributed by atoms with Crippen molar-refractivity contribution in [3.8, 4) is 5.75 Å². The van der Waals surface area contributed by atoms with Gasteiger partial charge in [0.05, 0.1) is 31.4 Å². The van der Waals surface area contributed by atoms with Crippen molar-refractivity contribution in [3.63, 3.8) is 0 Å². The van der Waals surface area contributed by atoms with Crippen LogP contribution in [0.1, 0.15) is 23.7 Å². The maximum absolute atomic E-state index is 12.2. The van der Waals surface area contributed by atoms with Gasteiger partial charge in [-0.05, 0) is 24.6 Å². The van der Waals surface area contributed by atoms with Crippen molar-refractivity contribution in [2.24, 2.45) is 0 Å². The summed E-state index contributed by atoms with van der Waals surface area (Å²) in [7, 11) is 0. The second kappa shape index (κ2) is 7.62. The van der Waals surface area contributed by atoms with E-state index >= 15 is 0 Å². The van der Waals surface area contributed by atoms with Gasteiger partial charge < -0.3 is 9.47 Å². The maximum atomic E-state index is 12.2. The lowest BCUT2D eigenvalue weighted by atomic mass is 10.1. The molecule has 0 unspecified atom stereocenters. The van der Waals surface area contributed by atoms with Gasteiger partial charge in [0.2, 0.25) is 0 Å². The first kappa shape index (κ1) is 15.3. The van der Waals surface area contributed by atoms with Crippen molar-refractivity contribution in [1.82, 2.24) is 4.90 Å². The molecule has 2 rings (SSSR count). The number of morpholine rings is 1. The highest BCUT2D eigenvalue weighted by Crippen LogP contribution is 2.26. The Kier molecular flexibility index (Phi) is 5.83. The smallest absolute Gasteiger partial charge is 0.176 e. The predicted octanol–water partition coefficient (Wildman–Crippen LogP) is 2.64. The molecule has 0 saturated carbocycles. The Hall–Kier alpha value is -1.10. The van der Waals surface area contributed by atoms with Gasteiger partial charge in [-0.15, -0.1) is 0 Å². The van der Waals surface area contributed by atoms with Crippen molar-refractivity contribution >= 4 is 17.4 Å². The van der Waals surface area contributed by atoms with Crippen molar-refractivity contribution < 1.29 is 14.3 Å². The Morgan fingerprint density at radius 2 is 2.15 bits per heavy atom. The molecule has 0 N–H and O–H groups in total. The highest BCUT2D eigenvalue weighted by atomic mass is 35.5. The van der Waals surface area contributed by atoms with Gasteiger partial charge in [-0.2, -0.15) is 0 Å². The lowest BCUT2D eigenvalue weighted by molar-refractivity contribution is 0.0371. The molecule has 1 aliphatic heterocycles. The van der Waals surface area contributed by atoms with Gasteiger partial charge in [0, 0.05) is 18.7 Å². The number of nitrogens with zero attached hydrogens (tertiary/aromatic N) is 1. The van der Waals surface area contributed by atoms with Crippen LogP contribution in [0.5, 0.6) is 5.75 Å². The average molecular weight is 298 g/mol. The third-order valence-electron chi connectivity index (χ3n) is 3.19. The van der Waals surface area contributed by atoms with Crippen molar-refractivity contribution in [1.29, 1.82) is 0 Å². The van der Waals surface area contributed by atoms with Crippen LogP contribution in [0.3, 0.4) is 0 Å². The lowest BCUT2D eigenvalue weighted by Crippen LogP contribution is -2.39. The molecule has 0 radical (unpaired) electrons. The van der Waals surface area contributed by atoms with Gasteiger partial charge in [-0.25, -0.2) is 0 Å². The minimum Gasteiger partial charge on any atom is -0.492 e. The number of Topliss-reactive ketones (excluding diaryl/α,β-unsaturated/α-hetero) is 1. The summed E-state index contributed by atoms with van der Waals surface area (Å²) in [6, 6.07) is 5.24. The van der Waals surface area contributed by atoms with E-state index in [1.165, 1.54) is 0 Å². The number of benzene rings is 1. The summed E-state index contributed by atoms with van der Waals surface area (Å²) >= 11 is 6.14. The standard InChI is InChI=1S/C15H20ClNO3/c1-2-7-20-15-4-3-12(10-13(15)16)14(18)11-17-5-8-19-9-6-17/h3-4,10H,2,5-9,11H2,1H3. The van der Waals surface area contributed by atoms with Crippen molar-refractivity contribution in [2.45, 2.75) is 13.3 Å². The fourth-order valence-electron chi connectivity index (χ4n) is 2.06. The first-order valence-corrected chi connectivity index (χ1v) is 7.34. The largest absolute Gasteiger partial charge is 0.492 e. The molecule has 110 valence electrons. The molecular weight excluding hydrogens is 278 g/mol. The third kappa shape index (κ3) is 4.20. The average Bonchev–Trinajstić information content (AvgIpc) is 2.47. The van der Waals surface area contributed by atoms with Gasteiger partial charge in [0.15, 0.2) is 5.78 Å². The Bertz CT molecular complexity index is 458. The van der Waals surface area contributed by atoms with Crippen LogP contribution in [0.2, 0.25) is 5.02 Å². The summed E-state index contributed by atoms with van der Waals surface area (Å²) in [5.74, 6) is 0.715. The molecule has 0 bridgehead atoms. The molecule has 0 atom stereocenters. The van der Waals surface area contributed by atoms with Crippen LogP contribution in [0, 0.1) is 0 Å². The molecule has 5 heteroatoms. The fourth-order valence-corrected chi connectivity index (χ4v) is 2.29. The lowest BCUT2D eigenvalue weighted by Gasteiger charge is -2.25. The van der Waals surface area contributed by atoms with E-state index in [4.69, 9.17) is 21.1 Å². The zero-order valence-electron chi connectivity index (χ0n) is 11.7. The maximum Gasteiger partial charge on any atom is 0.176 e. The monoisotopic (exact) mass is 297 g/mol. The first-order chi connectivity index (χ1) is 9.70. The Balaban J connectivity index is 1.97. The molecule has 1 aromatic carbocycles. The van der Waals surface area contributed by atoms with E-state index in [1.807, 2.05) is 6.92 Å². The molecule has 1 fully saturated rings. The molecule has 0 aromatic heterocycles. The highest BCUT2D eigenvalue weighted by molar-refractivity contribution is 6.32. The second-order valence-electron chi connectivity index (χ2n) is 4.81. The number of rotatable bonds is 6. The summed E-state index contributed by atoms with van der Waals surface area (Å²) in [5.41, 5.74) is 0.630. The van der Waals surface area contributed by atoms with Gasteiger partial charge in [-0.1, -0.05) is 18.5 Å². The molecule has 4 nitrogen and oxygen atoms in total. The minimum absolute atomic E-state index is 0.0795. The SMILES string of the molecule is CCCOc1ccc(C(=O)CN2CCOCC2)cc1Cl. The van der Waals surface area contributed by atoms with E-state index in [2.05, 4.69) is 4.90 Å². The zero-order valence-corrected chi connectivity index (χ0v) is 12.5. The molecule has 1 aliphatic rings. The van der Waals surface area contributed by atoms with E-state index < -0.39 is 0 Å². The summed E-state index contributed by atoms with van der Waals surface area (Å²) in [4.78, 5) is 14.3. The fraction of sp³-hybridized carbons (Fsp3) is 0.533. The van der Waals surface area contributed by atoms with E-state index in [1.54, 1.807) is 18.2 Å². The number of hydrogen-bond acceptors (Lipinski definition) is 4. The molecule has 1 aromatic rings. The normalized spacial score (nSPS) is 16.1. The quantitative estimate of drug-likeness (QED) is 0.757. The Morgan fingerprint density at radius 1 is 1.40 bits per heavy atom. The van der Waals surface area contributed by atoms with E-state index in [0.29, 0.717) is 42.7 Å². The van der Waals surface area contributed by atoms with Gasteiger partial charge in [0.25, 0.3) is 0 Å². The van der Waals surface area contributed by atoms with Crippen LogP contribution in [0.15, 0.2) is 18.2 Å². The number of carbonyl (C=O) groups is 1. The summed E-state index contributed by atoms with van der Waals surface area (Å²) < 4.78 is 10.8. The van der Waals surface area contributed by atoms with Crippen molar-refractivity contribution in [2.75, 3.05) is 39.5 Å². The first-order valence-electron chi connectivity index (χ1n) is 6.96. The van der Waals surface area contributed by atoms with Crippen LogP contribution >= 0.6 is 11.6 Å². The summed E-state index contributed by atoms with van der Waals surface area (Å²) in [6.07, 6.45) is 0.925. The van der Waals surface area contributed by atoms with Crippen molar-refractivity contribution in [3.05, 3.63) is 28.8 Å². The number of halogens is 1. The number of hydrogen-bond donors (Lipinski definition) is 0. The molecule has 0 aliphatic carbocycles. The molecule has 1 saturated heterocycles. The molecule has 0 spiro atoms. The van der Waals surface area contributed by atoms with E-state index in [-0.39, 0.29) is 5.78 Å². The van der Waals surface area contributed by atoms with Gasteiger partial charge in [0.1, 0.15) is 5.75 Å². The number of ketones is 1. The third-order valence-corrected chi connectivity index (χ3v) is 3.48. The van der Waals surface area contributed by atoms with Gasteiger partial charge in [-0.3, -0.25) is 9.69 Å². The summed E-state index contributed by atoms with van der Waals surface area (Å²) in [5, 5.41) is 0.492. The Morgan fingerprint density at radius 3 is 2.80 bits per heavy atom. The topological polar surface area (TPSA) is 38.8 Å². The highest BCUT2D eigenvalue weighted by Gasteiger charge is 2.16. The van der Waals surface area contributed by atoms with Crippen LogP contribution < -0.4 is 4.74 Å². The van der Waals surface area contributed by atoms with E-state index in [9.17, 15) is 4.79 Å². The molecule has 20 heavy (non-hydrogen) atoms. The van der Waals surface area contributed by atoms with Crippen LogP contribution in [-0.2, 0) is 4.74 Å². The number of carbonyl (C=O) groups excluding carboxylic acids is 1. The minimum atomic E-state index is 0.0795. The second-order valence-corrected chi connectivity index (χ2v) is 5.21. The summed E-state index contributed by atoms with van der Waals surface area (Å²) in [6.45, 7) is 6.06. The predicted molar refractivity (Wildman–Crippen MR) is 78.8 cm³/mol. The molecule has 1 heterocycles. The van der Waals surface area contributed by atoms with Gasteiger partial charge >= 0.3 is 0 Å².